The van der Waals surface area contributed by atoms with Gasteiger partial charge in [-0.1, -0.05) is 0 Å². The summed E-state index contributed by atoms with van der Waals surface area (Å²) in [5.74, 6) is -1.15. The molecule has 19 heavy (non-hydrogen) atoms. The Morgan fingerprint density at radius 3 is 2.32 bits per heavy atom. The number of aliphatic carboxylic acids is 1. The second-order valence-corrected chi connectivity index (χ2v) is 4.85. The van der Waals surface area contributed by atoms with E-state index in [-0.39, 0.29) is 13.0 Å². The second kappa shape index (κ2) is 7.93. The van der Waals surface area contributed by atoms with Gasteiger partial charge < -0.3 is 25.0 Å². The summed E-state index contributed by atoms with van der Waals surface area (Å²) >= 11 is 0. The molecule has 0 fully saturated rings. The van der Waals surface area contributed by atoms with Crippen LogP contribution in [0, 0.1) is 0 Å². The molecule has 0 aromatic heterocycles. The van der Waals surface area contributed by atoms with E-state index in [1.807, 2.05) is 0 Å². The van der Waals surface area contributed by atoms with Crippen molar-refractivity contribution in [3.8, 4) is 0 Å². The van der Waals surface area contributed by atoms with Gasteiger partial charge in [0, 0.05) is 6.54 Å². The molecule has 1 amide bonds. The van der Waals surface area contributed by atoms with E-state index < -0.39 is 30.1 Å². The number of alkyl carbamates (subject to hydrolysis) is 1. The molecule has 112 valence electrons. The Kier molecular flexibility index (Phi) is 7.35. The number of aliphatic hydroxyl groups excluding tert-OH is 1. The summed E-state index contributed by atoms with van der Waals surface area (Å²) in [6, 6.07) is -1.05. The van der Waals surface area contributed by atoms with Gasteiger partial charge in [-0.05, 0) is 27.2 Å². The van der Waals surface area contributed by atoms with Gasteiger partial charge in [-0.15, -0.1) is 0 Å². The normalized spacial score (nSPS) is 14.6. The van der Waals surface area contributed by atoms with E-state index in [0.29, 0.717) is 0 Å². The lowest BCUT2D eigenvalue weighted by molar-refractivity contribution is -0.189. The van der Waals surface area contributed by atoms with E-state index in [9.17, 15) is 14.7 Å². The minimum absolute atomic E-state index is 0.0784. The molecule has 8 nitrogen and oxygen atoms in total. The number of methoxy groups -OCH3 is 1. The van der Waals surface area contributed by atoms with Gasteiger partial charge in [0.15, 0.2) is 0 Å². The zero-order valence-electron chi connectivity index (χ0n) is 11.6. The first-order valence-corrected chi connectivity index (χ1v) is 5.82. The maximum Gasteiger partial charge on any atom is 0.406 e. The predicted molar refractivity (Wildman–Crippen MR) is 66.4 cm³/mol. The molecule has 0 aliphatic heterocycles. The molecule has 0 aliphatic carbocycles. The monoisotopic (exact) mass is 278 g/mol. The maximum absolute atomic E-state index is 11.0. The molecule has 0 saturated heterocycles. The molecular formula is C11H22N2O6. The van der Waals surface area contributed by atoms with Crippen molar-refractivity contribution in [2.75, 3.05) is 13.7 Å². The summed E-state index contributed by atoms with van der Waals surface area (Å²) in [6.07, 6.45) is -1.97. The third-order valence-electron chi connectivity index (χ3n) is 1.99. The molecule has 0 heterocycles. The summed E-state index contributed by atoms with van der Waals surface area (Å²) in [6.45, 7) is 5.28. The van der Waals surface area contributed by atoms with Gasteiger partial charge in [0.1, 0.15) is 6.04 Å². The molecule has 0 bridgehead atoms. The number of nitrogens with one attached hydrogen (secondary N) is 2. The molecule has 0 rings (SSSR count). The van der Waals surface area contributed by atoms with Crippen LogP contribution in [0.15, 0.2) is 0 Å². The Balaban J connectivity index is 4.19. The zero-order chi connectivity index (χ0) is 15.1. The first-order chi connectivity index (χ1) is 8.65. The largest absolute Gasteiger partial charge is 0.480 e. The van der Waals surface area contributed by atoms with Crippen LogP contribution in [-0.2, 0) is 14.3 Å². The molecule has 0 radical (unpaired) electrons. The van der Waals surface area contributed by atoms with E-state index in [1.54, 1.807) is 20.8 Å². The molecule has 2 atom stereocenters. The first kappa shape index (κ1) is 17.6. The average Bonchev–Trinajstić information content (AvgIpc) is 2.24. The number of carboxylic acid groups (broad SMARTS) is 1. The van der Waals surface area contributed by atoms with Crippen LogP contribution in [0.3, 0.4) is 0 Å². The number of carboxylic acids is 1. The SMILES string of the molecule is COC(=O)NCC[C@H](NC(O)OC(C)(C)C)C(=O)O. The van der Waals surface area contributed by atoms with Crippen LogP contribution < -0.4 is 10.6 Å². The third kappa shape index (κ3) is 9.23. The molecule has 4 N–H and O–H groups in total. The van der Waals surface area contributed by atoms with Crippen molar-refractivity contribution in [2.24, 2.45) is 0 Å². The molecule has 0 saturated carbocycles. The van der Waals surface area contributed by atoms with E-state index in [4.69, 9.17) is 9.84 Å². The van der Waals surface area contributed by atoms with Gasteiger partial charge in [-0.2, -0.15) is 0 Å². The Labute approximate surface area is 112 Å². The molecule has 0 aliphatic rings. The molecule has 8 heteroatoms. The highest BCUT2D eigenvalue weighted by molar-refractivity contribution is 5.73. The highest BCUT2D eigenvalue weighted by atomic mass is 16.6. The number of ether oxygens (including phenoxy) is 2. The fraction of sp³-hybridized carbons (Fsp3) is 0.818. The summed E-state index contributed by atoms with van der Waals surface area (Å²) in [4.78, 5) is 21.8. The van der Waals surface area contributed by atoms with Crippen molar-refractivity contribution in [3.63, 3.8) is 0 Å². The van der Waals surface area contributed by atoms with Crippen LogP contribution in [0.25, 0.3) is 0 Å². The third-order valence-corrected chi connectivity index (χ3v) is 1.99. The summed E-state index contributed by atoms with van der Waals surface area (Å²) < 4.78 is 9.48. The van der Waals surface area contributed by atoms with Gasteiger partial charge in [-0.25, -0.2) is 4.79 Å². The number of amides is 1. The van der Waals surface area contributed by atoms with Crippen molar-refractivity contribution in [1.82, 2.24) is 10.6 Å². The van der Waals surface area contributed by atoms with Crippen LogP contribution in [0.2, 0.25) is 0 Å². The van der Waals surface area contributed by atoms with Crippen LogP contribution in [0.1, 0.15) is 27.2 Å². The Bertz CT molecular complexity index is 302. The van der Waals surface area contributed by atoms with Crippen LogP contribution >= 0.6 is 0 Å². The van der Waals surface area contributed by atoms with E-state index in [0.717, 1.165) is 0 Å². The van der Waals surface area contributed by atoms with Gasteiger partial charge >= 0.3 is 12.1 Å². The molecule has 0 aromatic carbocycles. The van der Waals surface area contributed by atoms with Crippen molar-refractivity contribution in [2.45, 2.75) is 45.2 Å². The van der Waals surface area contributed by atoms with Gasteiger partial charge in [0.2, 0.25) is 6.41 Å². The van der Waals surface area contributed by atoms with Crippen molar-refractivity contribution < 1.29 is 29.3 Å². The van der Waals surface area contributed by atoms with Gasteiger partial charge in [0.25, 0.3) is 0 Å². The van der Waals surface area contributed by atoms with Crippen molar-refractivity contribution >= 4 is 12.1 Å². The first-order valence-electron chi connectivity index (χ1n) is 5.82. The number of hydrogen-bond acceptors (Lipinski definition) is 6. The molecular weight excluding hydrogens is 256 g/mol. The standard InChI is InChI=1S/C11H22N2O6/c1-11(2,3)19-10(17)13-7(8(14)15)5-6-12-9(16)18-4/h7,10,13,17H,5-6H2,1-4H3,(H,12,16)(H,14,15)/t7-,10?/m0/s1. The Morgan fingerprint density at radius 2 is 1.89 bits per heavy atom. The minimum Gasteiger partial charge on any atom is -0.480 e. The van der Waals surface area contributed by atoms with Crippen LogP contribution in [-0.4, -0.2) is 54.0 Å². The Hall–Kier alpha value is -1.38. The average molecular weight is 278 g/mol. The summed E-state index contributed by atoms with van der Waals surface area (Å²) in [5, 5.41) is 23.3. The zero-order valence-corrected chi connectivity index (χ0v) is 11.6. The predicted octanol–water partition coefficient (Wildman–Crippen LogP) is -0.134. The van der Waals surface area contributed by atoms with Crippen LogP contribution in [0.4, 0.5) is 4.79 Å². The minimum atomic E-state index is -1.40. The molecule has 0 spiro atoms. The fourth-order valence-corrected chi connectivity index (χ4v) is 1.21. The number of carbonyl (C=O) groups is 2. The number of carbonyl (C=O) groups excluding carboxylic acids is 1. The maximum atomic E-state index is 11.0. The van der Waals surface area contributed by atoms with Gasteiger partial charge in [0.05, 0.1) is 12.7 Å². The highest BCUT2D eigenvalue weighted by Gasteiger charge is 2.23. The summed E-state index contributed by atoms with van der Waals surface area (Å²) in [7, 11) is 1.21. The lowest BCUT2D eigenvalue weighted by Gasteiger charge is -2.26. The lowest BCUT2D eigenvalue weighted by Crippen LogP contribution is -2.48. The van der Waals surface area contributed by atoms with E-state index >= 15 is 0 Å². The molecule has 0 aromatic rings. The number of rotatable bonds is 7. The lowest BCUT2D eigenvalue weighted by atomic mass is 10.2. The van der Waals surface area contributed by atoms with E-state index in [2.05, 4.69) is 15.4 Å². The van der Waals surface area contributed by atoms with Crippen molar-refractivity contribution in [1.29, 1.82) is 0 Å². The van der Waals surface area contributed by atoms with E-state index in [1.165, 1.54) is 7.11 Å². The molecule has 1 unspecified atom stereocenters. The van der Waals surface area contributed by atoms with Crippen LogP contribution in [0.5, 0.6) is 0 Å². The Morgan fingerprint density at radius 1 is 1.32 bits per heavy atom. The summed E-state index contributed by atoms with van der Waals surface area (Å²) in [5.41, 5.74) is -0.611. The topological polar surface area (TPSA) is 117 Å². The fourth-order valence-electron chi connectivity index (χ4n) is 1.21. The van der Waals surface area contributed by atoms with Gasteiger partial charge in [-0.3, -0.25) is 10.1 Å². The highest BCUT2D eigenvalue weighted by Crippen LogP contribution is 2.08. The van der Waals surface area contributed by atoms with Crippen molar-refractivity contribution in [3.05, 3.63) is 0 Å². The smallest absolute Gasteiger partial charge is 0.406 e. The number of aliphatic hydroxyl groups is 1. The quantitative estimate of drug-likeness (QED) is 0.479. The second-order valence-electron chi connectivity index (χ2n) is 4.85. The number of hydrogen-bond donors (Lipinski definition) is 4.